The Bertz CT molecular complexity index is 1180. The predicted octanol–water partition coefficient (Wildman–Crippen LogP) is 1.96. The maximum Gasteiger partial charge on any atom is 0.330 e. The van der Waals surface area contributed by atoms with Gasteiger partial charge in [0.2, 0.25) is 0 Å². The number of benzene rings is 2. The molecule has 0 saturated carbocycles. The number of rotatable bonds is 6. The molecule has 2 aromatic carbocycles. The first kappa shape index (κ1) is 22.1. The highest BCUT2D eigenvalue weighted by atomic mass is 35.5. The number of hydrogen-bond acceptors (Lipinski definition) is 6. The Balaban J connectivity index is 2.15. The van der Waals surface area contributed by atoms with Crippen molar-refractivity contribution >= 4 is 23.5 Å². The predicted molar refractivity (Wildman–Crippen MR) is 111 cm³/mol. The second-order valence-corrected chi connectivity index (χ2v) is 6.82. The molecule has 160 valence electrons. The second kappa shape index (κ2) is 9.50. The third-order valence-corrected chi connectivity index (χ3v) is 4.57. The lowest BCUT2D eigenvalue weighted by Crippen LogP contribution is -2.46. The van der Waals surface area contributed by atoms with Crippen LogP contribution < -0.4 is 10.9 Å². The largest absolute Gasteiger partial charge is 0.467 e. The van der Waals surface area contributed by atoms with Crippen LogP contribution in [-0.4, -0.2) is 46.5 Å². The summed E-state index contributed by atoms with van der Waals surface area (Å²) in [6.45, 7) is -0.731. The number of carbonyl (C=O) groups excluding carboxylic acids is 2. The minimum atomic E-state index is -1.37. The van der Waals surface area contributed by atoms with Crippen molar-refractivity contribution in [2.45, 2.75) is 6.04 Å². The third kappa shape index (κ3) is 4.96. The molecule has 31 heavy (non-hydrogen) atoms. The van der Waals surface area contributed by atoms with Crippen LogP contribution >= 0.6 is 11.6 Å². The number of aliphatic hydroxyl groups is 1. The summed E-state index contributed by atoms with van der Waals surface area (Å²) in [5.74, 6) is -2.41. The van der Waals surface area contributed by atoms with Crippen LogP contribution in [0.4, 0.5) is 4.39 Å². The first-order valence-corrected chi connectivity index (χ1v) is 9.37. The number of carbonyl (C=O) groups is 2. The number of hydrogen-bond donors (Lipinski definition) is 2. The van der Waals surface area contributed by atoms with E-state index in [2.05, 4.69) is 15.2 Å². The van der Waals surface area contributed by atoms with Gasteiger partial charge >= 0.3 is 5.97 Å². The van der Waals surface area contributed by atoms with Crippen LogP contribution in [0.15, 0.2) is 59.4 Å². The van der Waals surface area contributed by atoms with E-state index in [0.717, 1.165) is 17.9 Å². The third-order valence-electron chi connectivity index (χ3n) is 4.32. The van der Waals surface area contributed by atoms with E-state index in [-0.39, 0.29) is 16.9 Å². The van der Waals surface area contributed by atoms with Gasteiger partial charge in [-0.15, -0.1) is 0 Å². The van der Waals surface area contributed by atoms with Crippen LogP contribution in [0.3, 0.4) is 0 Å². The quantitative estimate of drug-likeness (QED) is 0.561. The molecule has 0 aliphatic heterocycles. The summed E-state index contributed by atoms with van der Waals surface area (Å²) in [6, 6.07) is 11.5. The molecule has 0 unspecified atom stereocenters. The zero-order valence-electron chi connectivity index (χ0n) is 16.2. The first-order chi connectivity index (χ1) is 14.8. The van der Waals surface area contributed by atoms with Gasteiger partial charge in [-0.3, -0.25) is 9.59 Å². The molecule has 0 aliphatic rings. The molecular weight excluding hydrogens is 429 g/mol. The fourth-order valence-corrected chi connectivity index (χ4v) is 2.89. The fourth-order valence-electron chi connectivity index (χ4n) is 2.76. The molecule has 0 bridgehead atoms. The SMILES string of the molecule is COC(=O)[C@H](CO)NC(=O)c1cc(-c2ccc(Cl)cc2)nn(-c2cccc(F)c2)c1=O. The molecule has 1 amide bonds. The Morgan fingerprint density at radius 1 is 1.23 bits per heavy atom. The molecule has 0 spiro atoms. The molecule has 1 atom stereocenters. The van der Waals surface area contributed by atoms with Gasteiger partial charge in [0.05, 0.1) is 25.1 Å². The molecule has 3 rings (SSSR count). The lowest BCUT2D eigenvalue weighted by molar-refractivity contribution is -0.143. The summed E-state index contributed by atoms with van der Waals surface area (Å²) in [4.78, 5) is 37.5. The van der Waals surface area contributed by atoms with Crippen molar-refractivity contribution in [3.63, 3.8) is 0 Å². The summed E-state index contributed by atoms with van der Waals surface area (Å²) in [5.41, 5.74) is -0.352. The van der Waals surface area contributed by atoms with Crippen molar-refractivity contribution < 1.29 is 23.8 Å². The van der Waals surface area contributed by atoms with E-state index in [4.69, 9.17) is 11.6 Å². The van der Waals surface area contributed by atoms with Gasteiger partial charge in [-0.2, -0.15) is 9.78 Å². The van der Waals surface area contributed by atoms with Crippen LogP contribution in [0, 0.1) is 5.82 Å². The van der Waals surface area contributed by atoms with Gasteiger partial charge in [-0.05, 0) is 36.4 Å². The molecule has 0 fully saturated rings. The average molecular weight is 446 g/mol. The molecule has 0 aliphatic carbocycles. The maximum absolute atomic E-state index is 13.7. The topological polar surface area (TPSA) is 111 Å². The summed E-state index contributed by atoms with van der Waals surface area (Å²) < 4.78 is 19.1. The molecular formula is C21H17ClFN3O5. The van der Waals surface area contributed by atoms with Gasteiger partial charge in [-0.25, -0.2) is 9.18 Å². The van der Waals surface area contributed by atoms with E-state index in [1.807, 2.05) is 0 Å². The van der Waals surface area contributed by atoms with Gasteiger partial charge in [0, 0.05) is 10.6 Å². The van der Waals surface area contributed by atoms with Gasteiger partial charge in [-0.1, -0.05) is 29.8 Å². The summed E-state index contributed by atoms with van der Waals surface area (Å²) in [6.07, 6.45) is 0. The van der Waals surface area contributed by atoms with Crippen molar-refractivity contribution in [1.29, 1.82) is 0 Å². The lowest BCUT2D eigenvalue weighted by Gasteiger charge is -2.15. The Kier molecular flexibility index (Phi) is 6.78. The summed E-state index contributed by atoms with van der Waals surface area (Å²) in [5, 5.41) is 16.3. The summed E-state index contributed by atoms with van der Waals surface area (Å²) >= 11 is 5.92. The molecule has 1 heterocycles. The maximum atomic E-state index is 13.7. The molecule has 2 N–H and O–H groups in total. The smallest absolute Gasteiger partial charge is 0.330 e. The van der Waals surface area contributed by atoms with E-state index < -0.39 is 35.9 Å². The monoisotopic (exact) mass is 445 g/mol. The molecule has 0 saturated heterocycles. The van der Waals surface area contributed by atoms with Crippen LogP contribution in [0.5, 0.6) is 0 Å². The molecule has 1 aromatic heterocycles. The van der Waals surface area contributed by atoms with Gasteiger partial charge in [0.1, 0.15) is 11.4 Å². The highest BCUT2D eigenvalue weighted by molar-refractivity contribution is 6.30. The minimum Gasteiger partial charge on any atom is -0.467 e. The number of methoxy groups -OCH3 is 1. The molecule has 0 radical (unpaired) electrons. The number of esters is 1. The number of aliphatic hydroxyl groups excluding tert-OH is 1. The van der Waals surface area contributed by atoms with Crippen LogP contribution in [0.25, 0.3) is 16.9 Å². The van der Waals surface area contributed by atoms with Crippen molar-refractivity contribution in [3.8, 4) is 16.9 Å². The van der Waals surface area contributed by atoms with E-state index in [9.17, 15) is 23.9 Å². The minimum absolute atomic E-state index is 0.0986. The van der Waals surface area contributed by atoms with E-state index in [1.165, 1.54) is 24.3 Å². The average Bonchev–Trinajstić information content (AvgIpc) is 2.77. The number of halogens is 2. The highest BCUT2D eigenvalue weighted by Gasteiger charge is 2.24. The van der Waals surface area contributed by atoms with Crippen LogP contribution in [0.2, 0.25) is 5.02 Å². The van der Waals surface area contributed by atoms with E-state index in [0.29, 0.717) is 10.6 Å². The lowest BCUT2D eigenvalue weighted by atomic mass is 10.1. The normalized spacial score (nSPS) is 11.6. The van der Waals surface area contributed by atoms with Crippen molar-refractivity contribution in [2.24, 2.45) is 0 Å². The Morgan fingerprint density at radius 3 is 2.55 bits per heavy atom. The Labute approximate surface area is 180 Å². The number of nitrogens with one attached hydrogen (secondary N) is 1. The standard InChI is InChI=1S/C21H17ClFN3O5/c1-31-21(30)18(11-27)24-19(28)16-10-17(12-5-7-13(22)8-6-12)25-26(20(16)29)15-4-2-3-14(23)9-15/h2-10,18,27H,11H2,1H3,(H,24,28)/t18-/m0/s1. The van der Waals surface area contributed by atoms with Crippen LogP contribution in [-0.2, 0) is 9.53 Å². The van der Waals surface area contributed by atoms with Gasteiger partial charge in [0.25, 0.3) is 11.5 Å². The van der Waals surface area contributed by atoms with Crippen molar-refractivity contribution in [3.05, 3.63) is 81.4 Å². The first-order valence-electron chi connectivity index (χ1n) is 9.00. The number of aromatic nitrogens is 2. The zero-order valence-corrected chi connectivity index (χ0v) is 17.0. The zero-order chi connectivity index (χ0) is 22.5. The Morgan fingerprint density at radius 2 is 1.94 bits per heavy atom. The molecule has 8 nitrogen and oxygen atoms in total. The van der Waals surface area contributed by atoms with Crippen molar-refractivity contribution in [1.82, 2.24) is 15.1 Å². The number of nitrogens with zero attached hydrogens (tertiary/aromatic N) is 2. The van der Waals surface area contributed by atoms with Crippen LogP contribution in [0.1, 0.15) is 10.4 Å². The summed E-state index contributed by atoms with van der Waals surface area (Å²) in [7, 11) is 1.10. The van der Waals surface area contributed by atoms with Gasteiger partial charge < -0.3 is 15.2 Å². The molecule has 3 aromatic rings. The van der Waals surface area contributed by atoms with Gasteiger partial charge in [0.15, 0.2) is 6.04 Å². The van der Waals surface area contributed by atoms with E-state index in [1.54, 1.807) is 24.3 Å². The highest BCUT2D eigenvalue weighted by Crippen LogP contribution is 2.20. The number of amides is 1. The Hall–Kier alpha value is -3.56. The molecule has 10 heteroatoms. The van der Waals surface area contributed by atoms with Crippen molar-refractivity contribution in [2.75, 3.05) is 13.7 Å². The second-order valence-electron chi connectivity index (χ2n) is 6.38. The fraction of sp³-hybridized carbons (Fsp3) is 0.143. The number of ether oxygens (including phenoxy) is 1. The van der Waals surface area contributed by atoms with E-state index >= 15 is 0 Å².